The third-order valence-electron chi connectivity index (χ3n) is 3.50. The highest BCUT2D eigenvalue weighted by Crippen LogP contribution is 2.19. The summed E-state index contributed by atoms with van der Waals surface area (Å²) in [5, 5.41) is 14.3. The summed E-state index contributed by atoms with van der Waals surface area (Å²) in [6.07, 6.45) is 3.65. The fourth-order valence-electron chi connectivity index (χ4n) is 2.42. The van der Waals surface area contributed by atoms with Crippen LogP contribution in [0.4, 0.5) is 4.79 Å². The molecule has 120 valence electrons. The molecule has 0 aromatic carbocycles. The lowest BCUT2D eigenvalue weighted by atomic mass is 10.00. The Morgan fingerprint density at radius 1 is 1.19 bits per heavy atom. The van der Waals surface area contributed by atoms with E-state index in [2.05, 4.69) is 10.6 Å². The van der Waals surface area contributed by atoms with Crippen molar-refractivity contribution >= 4 is 17.9 Å². The Morgan fingerprint density at radius 2 is 1.95 bits per heavy atom. The zero-order valence-corrected chi connectivity index (χ0v) is 12.6. The van der Waals surface area contributed by atoms with Gasteiger partial charge in [-0.15, -0.1) is 0 Å². The molecule has 3 amide bonds. The minimum Gasteiger partial charge on any atom is -0.481 e. The molecule has 0 aromatic rings. The van der Waals surface area contributed by atoms with Crippen LogP contribution in [0.3, 0.4) is 0 Å². The van der Waals surface area contributed by atoms with Gasteiger partial charge in [-0.1, -0.05) is 6.92 Å². The third kappa shape index (κ3) is 6.46. The molecule has 1 saturated heterocycles. The molecule has 21 heavy (non-hydrogen) atoms. The van der Waals surface area contributed by atoms with Crippen LogP contribution in [-0.4, -0.2) is 53.6 Å². The number of carboxylic acids is 1. The Hall–Kier alpha value is -1.79. The smallest absolute Gasteiger partial charge is 0.317 e. The van der Waals surface area contributed by atoms with Crippen molar-refractivity contribution in [3.8, 4) is 0 Å². The highest BCUT2D eigenvalue weighted by atomic mass is 16.4. The number of carboxylic acid groups (broad SMARTS) is 1. The zero-order chi connectivity index (χ0) is 15.7. The van der Waals surface area contributed by atoms with Crippen LogP contribution < -0.4 is 10.6 Å². The predicted molar refractivity (Wildman–Crippen MR) is 77.9 cm³/mol. The maximum absolute atomic E-state index is 12.1. The molecule has 7 heteroatoms. The molecule has 0 saturated carbocycles. The highest BCUT2D eigenvalue weighted by molar-refractivity contribution is 5.78. The number of aliphatic carboxylic acids is 1. The average molecular weight is 299 g/mol. The number of hydrogen-bond donors (Lipinski definition) is 3. The average Bonchev–Trinajstić information content (AvgIpc) is 2.45. The van der Waals surface area contributed by atoms with Gasteiger partial charge in [0, 0.05) is 32.1 Å². The van der Waals surface area contributed by atoms with E-state index in [1.54, 1.807) is 4.90 Å². The van der Waals surface area contributed by atoms with Crippen molar-refractivity contribution in [2.45, 2.75) is 51.5 Å². The number of rotatable bonds is 7. The van der Waals surface area contributed by atoms with Crippen LogP contribution in [0.2, 0.25) is 0 Å². The number of carbonyl (C=O) groups excluding carboxylic acids is 2. The van der Waals surface area contributed by atoms with Crippen LogP contribution in [0, 0.1) is 0 Å². The first-order valence-corrected chi connectivity index (χ1v) is 7.57. The largest absolute Gasteiger partial charge is 0.481 e. The van der Waals surface area contributed by atoms with Gasteiger partial charge in [0.05, 0.1) is 6.42 Å². The Morgan fingerprint density at radius 3 is 2.62 bits per heavy atom. The number of carbonyl (C=O) groups is 3. The minimum atomic E-state index is -0.890. The second kappa shape index (κ2) is 9.20. The van der Waals surface area contributed by atoms with Gasteiger partial charge in [0.25, 0.3) is 0 Å². The molecule has 0 bridgehead atoms. The lowest BCUT2D eigenvalue weighted by Gasteiger charge is -2.34. The Kier molecular flexibility index (Phi) is 7.56. The standard InChI is InChI=1S/C14H25N3O4/c1-2-7-15-12(18)6-8-16-14(21)17-9-4-3-5-11(17)10-13(19)20/h11H,2-10H2,1H3,(H,15,18)(H,16,21)(H,19,20). The molecular formula is C14H25N3O4. The number of urea groups is 1. The van der Waals surface area contributed by atoms with Gasteiger partial charge < -0.3 is 20.6 Å². The van der Waals surface area contributed by atoms with Gasteiger partial charge in [0.1, 0.15) is 0 Å². The Labute approximate surface area is 125 Å². The molecule has 0 radical (unpaired) electrons. The molecule has 0 aliphatic carbocycles. The molecule has 1 aliphatic rings. The van der Waals surface area contributed by atoms with Crippen LogP contribution in [0.15, 0.2) is 0 Å². The first-order chi connectivity index (χ1) is 10.0. The van der Waals surface area contributed by atoms with Crippen LogP contribution in [-0.2, 0) is 9.59 Å². The first kappa shape index (κ1) is 17.3. The van der Waals surface area contributed by atoms with E-state index in [9.17, 15) is 14.4 Å². The van der Waals surface area contributed by atoms with Gasteiger partial charge in [-0.3, -0.25) is 9.59 Å². The SMILES string of the molecule is CCCNC(=O)CCNC(=O)N1CCCCC1CC(=O)O. The van der Waals surface area contributed by atoms with Crippen molar-refractivity contribution in [1.82, 2.24) is 15.5 Å². The maximum Gasteiger partial charge on any atom is 0.317 e. The van der Waals surface area contributed by atoms with Gasteiger partial charge in [-0.25, -0.2) is 4.79 Å². The number of nitrogens with one attached hydrogen (secondary N) is 2. The van der Waals surface area contributed by atoms with Crippen molar-refractivity contribution in [1.29, 1.82) is 0 Å². The number of nitrogens with zero attached hydrogens (tertiary/aromatic N) is 1. The molecule has 3 N–H and O–H groups in total. The second-order valence-electron chi connectivity index (χ2n) is 5.27. The number of piperidine rings is 1. The van der Waals surface area contributed by atoms with Gasteiger partial charge in [0.2, 0.25) is 5.91 Å². The second-order valence-corrected chi connectivity index (χ2v) is 5.27. The van der Waals surface area contributed by atoms with E-state index in [0.29, 0.717) is 13.1 Å². The molecule has 1 heterocycles. The van der Waals surface area contributed by atoms with Crippen LogP contribution in [0.1, 0.15) is 45.4 Å². The summed E-state index contributed by atoms with van der Waals surface area (Å²) < 4.78 is 0. The van der Waals surface area contributed by atoms with Crippen LogP contribution in [0.25, 0.3) is 0 Å². The minimum absolute atomic E-state index is 0.0234. The van der Waals surface area contributed by atoms with E-state index in [4.69, 9.17) is 5.11 Å². The lowest BCUT2D eigenvalue weighted by molar-refractivity contribution is -0.138. The van der Waals surface area contributed by atoms with E-state index < -0.39 is 5.97 Å². The summed E-state index contributed by atoms with van der Waals surface area (Å²) in [5.74, 6) is -0.975. The molecule has 1 rings (SSSR count). The number of hydrogen-bond acceptors (Lipinski definition) is 3. The van der Waals surface area contributed by atoms with Crippen molar-refractivity contribution in [2.24, 2.45) is 0 Å². The number of likely N-dealkylation sites (tertiary alicyclic amines) is 1. The maximum atomic E-state index is 12.1. The monoisotopic (exact) mass is 299 g/mol. The summed E-state index contributed by atoms with van der Waals surface area (Å²) in [6.45, 7) is 3.46. The van der Waals surface area contributed by atoms with Crippen molar-refractivity contribution in [2.75, 3.05) is 19.6 Å². The predicted octanol–water partition coefficient (Wildman–Crippen LogP) is 0.941. The third-order valence-corrected chi connectivity index (χ3v) is 3.50. The summed E-state index contributed by atoms with van der Waals surface area (Å²) in [4.78, 5) is 35.9. The molecule has 1 fully saturated rings. The lowest BCUT2D eigenvalue weighted by Crippen LogP contribution is -2.49. The summed E-state index contributed by atoms with van der Waals surface area (Å²) in [6, 6.07) is -0.519. The molecular weight excluding hydrogens is 274 g/mol. The van der Waals surface area contributed by atoms with Gasteiger partial charge in [0.15, 0.2) is 0 Å². The van der Waals surface area contributed by atoms with Crippen molar-refractivity contribution < 1.29 is 19.5 Å². The van der Waals surface area contributed by atoms with Gasteiger partial charge in [-0.05, 0) is 25.7 Å². The van der Waals surface area contributed by atoms with E-state index >= 15 is 0 Å². The fourth-order valence-corrected chi connectivity index (χ4v) is 2.42. The van der Waals surface area contributed by atoms with E-state index in [-0.39, 0.29) is 37.4 Å². The Bertz CT molecular complexity index is 373. The van der Waals surface area contributed by atoms with Crippen LogP contribution in [0.5, 0.6) is 0 Å². The van der Waals surface area contributed by atoms with Gasteiger partial charge in [-0.2, -0.15) is 0 Å². The molecule has 0 spiro atoms. The zero-order valence-electron chi connectivity index (χ0n) is 12.6. The summed E-state index contributed by atoms with van der Waals surface area (Å²) in [7, 11) is 0. The van der Waals surface area contributed by atoms with Crippen molar-refractivity contribution in [3.05, 3.63) is 0 Å². The Balaban J connectivity index is 2.34. The molecule has 1 aliphatic heterocycles. The molecule has 7 nitrogen and oxygen atoms in total. The highest BCUT2D eigenvalue weighted by Gasteiger charge is 2.28. The van der Waals surface area contributed by atoms with E-state index in [1.165, 1.54) is 0 Å². The van der Waals surface area contributed by atoms with E-state index in [0.717, 1.165) is 25.7 Å². The number of amides is 3. The molecule has 1 unspecified atom stereocenters. The first-order valence-electron chi connectivity index (χ1n) is 7.57. The normalized spacial score (nSPS) is 18.1. The van der Waals surface area contributed by atoms with E-state index in [1.807, 2.05) is 6.92 Å². The fraction of sp³-hybridized carbons (Fsp3) is 0.786. The molecule has 1 atom stereocenters. The summed E-state index contributed by atoms with van der Waals surface area (Å²) >= 11 is 0. The van der Waals surface area contributed by atoms with Crippen LogP contribution >= 0.6 is 0 Å². The topological polar surface area (TPSA) is 98.7 Å². The summed E-state index contributed by atoms with van der Waals surface area (Å²) in [5.41, 5.74) is 0. The van der Waals surface area contributed by atoms with Crippen molar-refractivity contribution in [3.63, 3.8) is 0 Å². The molecule has 0 aromatic heterocycles. The quantitative estimate of drug-likeness (QED) is 0.651. The van der Waals surface area contributed by atoms with Gasteiger partial charge >= 0.3 is 12.0 Å².